The smallest absolute Gasteiger partial charge is 0.293 e. The quantitative estimate of drug-likeness (QED) is 0.326. The third kappa shape index (κ3) is 6.11. The molecule has 3 aromatic carbocycles. The van der Waals surface area contributed by atoms with E-state index in [0.29, 0.717) is 26.5 Å². The molecule has 0 saturated carbocycles. The van der Waals surface area contributed by atoms with E-state index in [9.17, 15) is 18.8 Å². The van der Waals surface area contributed by atoms with Crippen molar-refractivity contribution in [2.45, 2.75) is 6.54 Å². The molecule has 0 aromatic heterocycles. The highest BCUT2D eigenvalue weighted by molar-refractivity contribution is 9.10. The van der Waals surface area contributed by atoms with Gasteiger partial charge in [-0.25, -0.2) is 4.39 Å². The first-order valence-corrected chi connectivity index (χ1v) is 12.3. The lowest BCUT2D eigenvalue weighted by atomic mass is 10.1. The number of ether oxygens (including phenoxy) is 1. The van der Waals surface area contributed by atoms with Crippen molar-refractivity contribution in [2.75, 3.05) is 11.9 Å². The lowest BCUT2D eigenvalue weighted by molar-refractivity contribution is -0.123. The van der Waals surface area contributed by atoms with E-state index >= 15 is 0 Å². The first-order chi connectivity index (χ1) is 16.8. The second-order valence-corrected chi connectivity index (χ2v) is 9.67. The number of carbonyl (C=O) groups excluding carboxylic acids is 3. The Labute approximate surface area is 218 Å². The summed E-state index contributed by atoms with van der Waals surface area (Å²) in [6.45, 7) is -0.471. The third-order valence-electron chi connectivity index (χ3n) is 4.93. The molecule has 1 heterocycles. The maximum Gasteiger partial charge on any atom is 0.293 e. The van der Waals surface area contributed by atoms with Crippen LogP contribution in [0, 0.1) is 5.82 Å². The summed E-state index contributed by atoms with van der Waals surface area (Å²) in [7, 11) is 0. The number of imide groups is 1. The second-order valence-electron chi connectivity index (χ2n) is 7.36. The molecule has 1 saturated heterocycles. The molecule has 10 heteroatoms. The molecule has 0 atom stereocenters. The van der Waals surface area contributed by atoms with Crippen LogP contribution in [-0.4, -0.2) is 28.6 Å². The number of thioether (sulfide) groups is 1. The first kappa shape index (κ1) is 25.0. The summed E-state index contributed by atoms with van der Waals surface area (Å²) in [6, 6.07) is 17.9. The monoisotopic (exact) mass is 574 g/mol. The van der Waals surface area contributed by atoms with E-state index in [1.165, 1.54) is 24.3 Å². The summed E-state index contributed by atoms with van der Waals surface area (Å²) >= 11 is 10.2. The van der Waals surface area contributed by atoms with E-state index < -0.39 is 22.9 Å². The number of halogens is 3. The van der Waals surface area contributed by atoms with E-state index in [-0.39, 0.29) is 23.6 Å². The number of benzene rings is 3. The van der Waals surface area contributed by atoms with Crippen LogP contribution in [0.15, 0.2) is 76.1 Å². The Morgan fingerprint density at radius 2 is 1.86 bits per heavy atom. The molecule has 4 rings (SSSR count). The molecule has 178 valence electrons. The van der Waals surface area contributed by atoms with Gasteiger partial charge in [-0.2, -0.15) is 0 Å². The molecular formula is C25H17BrClFN2O4S. The Hall–Kier alpha value is -3.14. The number of rotatable bonds is 7. The predicted octanol–water partition coefficient (Wildman–Crippen LogP) is 6.50. The highest BCUT2D eigenvalue weighted by atomic mass is 79.9. The second kappa shape index (κ2) is 11.1. The third-order valence-corrected chi connectivity index (χ3v) is 6.66. The largest absolute Gasteiger partial charge is 0.483 e. The van der Waals surface area contributed by atoms with Crippen molar-refractivity contribution in [3.05, 3.63) is 98.1 Å². The van der Waals surface area contributed by atoms with Gasteiger partial charge in [-0.15, -0.1) is 0 Å². The van der Waals surface area contributed by atoms with Gasteiger partial charge in [0, 0.05) is 15.6 Å². The minimum absolute atomic E-state index is 0.162. The fourth-order valence-electron chi connectivity index (χ4n) is 3.23. The summed E-state index contributed by atoms with van der Waals surface area (Å²) in [5.74, 6) is -1.11. The van der Waals surface area contributed by atoms with E-state index in [1.54, 1.807) is 48.5 Å². The summed E-state index contributed by atoms with van der Waals surface area (Å²) in [5, 5.41) is 2.57. The van der Waals surface area contributed by atoms with Gasteiger partial charge in [0.25, 0.3) is 17.1 Å². The molecule has 1 aliphatic heterocycles. The van der Waals surface area contributed by atoms with E-state index in [4.69, 9.17) is 16.3 Å². The van der Waals surface area contributed by atoms with Gasteiger partial charge >= 0.3 is 0 Å². The Bertz CT molecular complexity index is 1350. The molecule has 1 aliphatic rings. The Morgan fingerprint density at radius 3 is 2.63 bits per heavy atom. The van der Waals surface area contributed by atoms with Gasteiger partial charge in [0.15, 0.2) is 6.61 Å². The molecule has 3 amide bonds. The average Bonchev–Trinajstić information content (AvgIpc) is 3.09. The summed E-state index contributed by atoms with van der Waals surface area (Å²) in [6.07, 6.45) is 1.51. The molecule has 1 fully saturated rings. The zero-order valence-corrected chi connectivity index (χ0v) is 21.1. The van der Waals surface area contributed by atoms with Gasteiger partial charge in [0.2, 0.25) is 0 Å². The SMILES string of the molecule is O=C(COc1ccc(Br)cc1/C=C1\SC(=O)N(Cc2ccccc2F)C1=O)Nc1ccccc1Cl. The number of carbonyl (C=O) groups is 3. The van der Waals surface area contributed by atoms with Crippen molar-refractivity contribution in [3.8, 4) is 5.75 Å². The number of hydrogen-bond acceptors (Lipinski definition) is 5. The van der Waals surface area contributed by atoms with Gasteiger partial charge in [0.05, 0.1) is 22.2 Å². The number of amides is 3. The first-order valence-electron chi connectivity index (χ1n) is 10.3. The maximum absolute atomic E-state index is 14.0. The number of para-hydroxylation sites is 1. The molecule has 0 unspecified atom stereocenters. The topological polar surface area (TPSA) is 75.7 Å². The summed E-state index contributed by atoms with van der Waals surface area (Å²) < 4.78 is 20.4. The number of nitrogens with zero attached hydrogens (tertiary/aromatic N) is 1. The summed E-state index contributed by atoms with van der Waals surface area (Å²) in [5.41, 5.74) is 1.19. The van der Waals surface area contributed by atoms with Crippen LogP contribution in [0.3, 0.4) is 0 Å². The number of nitrogens with one attached hydrogen (secondary N) is 1. The molecule has 6 nitrogen and oxygen atoms in total. The van der Waals surface area contributed by atoms with Crippen LogP contribution in [0.25, 0.3) is 6.08 Å². The van der Waals surface area contributed by atoms with Crippen molar-refractivity contribution >= 4 is 68.1 Å². The molecule has 0 spiro atoms. The van der Waals surface area contributed by atoms with Crippen LogP contribution in [0.4, 0.5) is 14.9 Å². The minimum atomic E-state index is -0.536. The van der Waals surface area contributed by atoms with Gasteiger partial charge in [-0.05, 0) is 54.2 Å². The van der Waals surface area contributed by atoms with Gasteiger partial charge in [0.1, 0.15) is 11.6 Å². The van der Waals surface area contributed by atoms with Crippen LogP contribution >= 0.6 is 39.3 Å². The molecule has 0 radical (unpaired) electrons. The number of hydrogen-bond donors (Lipinski definition) is 1. The van der Waals surface area contributed by atoms with Crippen molar-refractivity contribution in [3.63, 3.8) is 0 Å². The highest BCUT2D eigenvalue weighted by Gasteiger charge is 2.35. The Balaban J connectivity index is 1.49. The van der Waals surface area contributed by atoms with E-state index in [0.717, 1.165) is 16.7 Å². The highest BCUT2D eigenvalue weighted by Crippen LogP contribution is 2.36. The molecular weight excluding hydrogens is 559 g/mol. The Kier molecular flexibility index (Phi) is 7.90. The summed E-state index contributed by atoms with van der Waals surface area (Å²) in [4.78, 5) is 38.9. The fraction of sp³-hybridized carbons (Fsp3) is 0.0800. The minimum Gasteiger partial charge on any atom is -0.483 e. The lowest BCUT2D eigenvalue weighted by Gasteiger charge is -2.13. The van der Waals surface area contributed by atoms with E-state index in [2.05, 4.69) is 21.2 Å². The predicted molar refractivity (Wildman–Crippen MR) is 138 cm³/mol. The molecule has 35 heavy (non-hydrogen) atoms. The van der Waals surface area contributed by atoms with Crippen LogP contribution in [0.5, 0.6) is 5.75 Å². The van der Waals surface area contributed by atoms with Crippen LogP contribution in [0.1, 0.15) is 11.1 Å². The van der Waals surface area contributed by atoms with E-state index in [1.807, 2.05) is 0 Å². The van der Waals surface area contributed by atoms with Crippen molar-refractivity contribution in [1.29, 1.82) is 0 Å². The lowest BCUT2D eigenvalue weighted by Crippen LogP contribution is -2.27. The Morgan fingerprint density at radius 1 is 1.11 bits per heavy atom. The van der Waals surface area contributed by atoms with Crippen LogP contribution < -0.4 is 10.1 Å². The normalized spacial score (nSPS) is 14.5. The standard InChI is InChI=1S/C25H17BrClFN2O4S/c26-17-9-10-21(34-14-23(31)29-20-8-4-2-6-18(20)27)16(11-17)12-22-24(32)30(25(33)35-22)13-15-5-1-3-7-19(15)28/h1-12H,13-14H2,(H,29,31)/b22-12-. The van der Waals surface area contributed by atoms with Crippen molar-refractivity contribution in [1.82, 2.24) is 4.90 Å². The van der Waals surface area contributed by atoms with Crippen molar-refractivity contribution < 1.29 is 23.5 Å². The van der Waals surface area contributed by atoms with Crippen LogP contribution in [-0.2, 0) is 16.1 Å². The van der Waals surface area contributed by atoms with Gasteiger partial charge in [-0.1, -0.05) is 57.9 Å². The molecule has 0 bridgehead atoms. The molecule has 3 aromatic rings. The maximum atomic E-state index is 14.0. The van der Waals surface area contributed by atoms with Gasteiger partial charge < -0.3 is 10.1 Å². The molecule has 1 N–H and O–H groups in total. The van der Waals surface area contributed by atoms with Crippen molar-refractivity contribution in [2.24, 2.45) is 0 Å². The fourth-order valence-corrected chi connectivity index (χ4v) is 4.62. The number of anilines is 1. The average molecular weight is 576 g/mol. The van der Waals surface area contributed by atoms with Crippen LogP contribution in [0.2, 0.25) is 5.02 Å². The van der Waals surface area contributed by atoms with Gasteiger partial charge in [-0.3, -0.25) is 19.3 Å². The zero-order valence-electron chi connectivity index (χ0n) is 18.0. The molecule has 0 aliphatic carbocycles. The zero-order chi connectivity index (χ0) is 24.9.